The number of rotatable bonds is 7. The van der Waals surface area contributed by atoms with Crippen molar-refractivity contribution < 1.29 is 23.7 Å². The van der Waals surface area contributed by atoms with Crippen molar-refractivity contribution in [2.75, 3.05) is 27.9 Å². The molecule has 33 heavy (non-hydrogen) atoms. The van der Waals surface area contributed by atoms with Gasteiger partial charge in [-0.1, -0.05) is 6.07 Å². The second kappa shape index (κ2) is 9.04. The van der Waals surface area contributed by atoms with Crippen molar-refractivity contribution in [3.05, 3.63) is 59.0 Å². The molecule has 4 rings (SSSR count). The molecule has 0 saturated carbocycles. The van der Waals surface area contributed by atoms with Gasteiger partial charge >= 0.3 is 0 Å². The Bertz CT molecular complexity index is 1260. The summed E-state index contributed by atoms with van der Waals surface area (Å²) in [5.41, 5.74) is 9.19. The van der Waals surface area contributed by atoms with Gasteiger partial charge in [-0.05, 0) is 31.2 Å². The first-order chi connectivity index (χ1) is 16.1. The molecule has 1 aliphatic heterocycles. The van der Waals surface area contributed by atoms with Crippen molar-refractivity contribution in [1.29, 1.82) is 5.26 Å². The van der Waals surface area contributed by atoms with Crippen molar-refractivity contribution in [3.63, 3.8) is 0 Å². The number of aromatic nitrogens is 2. The fourth-order valence-electron chi connectivity index (χ4n) is 3.93. The molecule has 2 heterocycles. The quantitative estimate of drug-likeness (QED) is 0.560. The van der Waals surface area contributed by atoms with E-state index in [1.165, 1.54) is 0 Å². The normalized spacial score (nSPS) is 14.7. The molecule has 0 bridgehead atoms. The second-order valence-corrected chi connectivity index (χ2v) is 7.15. The van der Waals surface area contributed by atoms with Crippen LogP contribution in [0.1, 0.15) is 24.0 Å². The van der Waals surface area contributed by atoms with E-state index >= 15 is 0 Å². The minimum atomic E-state index is -0.578. The molecule has 0 spiro atoms. The Morgan fingerprint density at radius 3 is 2.52 bits per heavy atom. The highest BCUT2D eigenvalue weighted by atomic mass is 16.5. The van der Waals surface area contributed by atoms with Crippen LogP contribution >= 0.6 is 0 Å². The zero-order valence-corrected chi connectivity index (χ0v) is 18.8. The molecule has 0 fully saturated rings. The lowest BCUT2D eigenvalue weighted by Gasteiger charge is -2.25. The van der Waals surface area contributed by atoms with Crippen LogP contribution in [-0.4, -0.2) is 38.1 Å². The third kappa shape index (κ3) is 3.76. The molecule has 170 valence electrons. The predicted octanol–water partition coefficient (Wildman–Crippen LogP) is 3.72. The van der Waals surface area contributed by atoms with Crippen molar-refractivity contribution in [2.45, 2.75) is 12.8 Å². The van der Waals surface area contributed by atoms with Crippen LogP contribution in [0.5, 0.6) is 28.9 Å². The minimum absolute atomic E-state index is 0.00445. The molecule has 1 aliphatic rings. The van der Waals surface area contributed by atoms with E-state index in [0.29, 0.717) is 40.9 Å². The number of nitrogens with one attached hydrogen (secondary N) is 1. The summed E-state index contributed by atoms with van der Waals surface area (Å²) < 4.78 is 27.8. The van der Waals surface area contributed by atoms with Crippen molar-refractivity contribution in [2.24, 2.45) is 5.73 Å². The maximum Gasteiger partial charge on any atom is 0.244 e. The van der Waals surface area contributed by atoms with Crippen LogP contribution in [0.15, 0.2) is 47.9 Å². The number of hydrogen-bond donors (Lipinski definition) is 2. The van der Waals surface area contributed by atoms with Crippen LogP contribution in [0.3, 0.4) is 0 Å². The van der Waals surface area contributed by atoms with Gasteiger partial charge in [0, 0.05) is 17.2 Å². The molecule has 1 aromatic heterocycles. The van der Waals surface area contributed by atoms with Crippen LogP contribution in [-0.2, 0) is 0 Å². The van der Waals surface area contributed by atoms with Gasteiger partial charge in [0.2, 0.25) is 11.8 Å². The van der Waals surface area contributed by atoms with Gasteiger partial charge < -0.3 is 29.4 Å². The molecule has 1 unspecified atom stereocenters. The van der Waals surface area contributed by atoms with Crippen molar-refractivity contribution in [1.82, 2.24) is 10.2 Å². The van der Waals surface area contributed by atoms with Crippen LogP contribution in [0.2, 0.25) is 0 Å². The summed E-state index contributed by atoms with van der Waals surface area (Å²) >= 11 is 0. The van der Waals surface area contributed by atoms with Gasteiger partial charge in [0.1, 0.15) is 23.1 Å². The van der Waals surface area contributed by atoms with E-state index in [-0.39, 0.29) is 17.3 Å². The number of nitrogens with two attached hydrogens (primary N) is 1. The maximum atomic E-state index is 9.96. The Hall–Kier alpha value is -4.32. The molecule has 2 aromatic carbocycles. The Morgan fingerprint density at radius 2 is 1.85 bits per heavy atom. The SMILES string of the molecule is CCOc1ccc(-c2[nH]nc3c2C(c2ccc(OC)cc2OC)C(C#N)=C(N)O3)cc1OC. The zero-order chi connectivity index (χ0) is 23.5. The summed E-state index contributed by atoms with van der Waals surface area (Å²) in [6, 6.07) is 13.2. The molecule has 9 nitrogen and oxygen atoms in total. The highest BCUT2D eigenvalue weighted by Crippen LogP contribution is 2.49. The number of methoxy groups -OCH3 is 3. The first kappa shape index (κ1) is 21.9. The molecule has 0 saturated heterocycles. The Morgan fingerprint density at radius 1 is 1.06 bits per heavy atom. The zero-order valence-electron chi connectivity index (χ0n) is 18.8. The molecule has 0 amide bonds. The number of allylic oxidation sites excluding steroid dienone is 1. The molecular weight excluding hydrogens is 424 g/mol. The maximum absolute atomic E-state index is 9.96. The summed E-state index contributed by atoms with van der Waals surface area (Å²) in [5, 5.41) is 17.3. The van der Waals surface area contributed by atoms with Gasteiger partial charge in [-0.3, -0.25) is 5.10 Å². The number of ether oxygens (including phenoxy) is 5. The van der Waals surface area contributed by atoms with Gasteiger partial charge in [-0.25, -0.2) is 0 Å². The van der Waals surface area contributed by atoms with Gasteiger partial charge in [-0.2, -0.15) is 5.26 Å². The fraction of sp³-hybridized carbons (Fsp3) is 0.250. The number of aromatic amines is 1. The van der Waals surface area contributed by atoms with E-state index in [1.54, 1.807) is 33.5 Å². The van der Waals surface area contributed by atoms with E-state index in [2.05, 4.69) is 16.3 Å². The average molecular weight is 448 g/mol. The Kier molecular flexibility index (Phi) is 6.00. The number of H-pyrrole nitrogens is 1. The number of nitriles is 1. The predicted molar refractivity (Wildman–Crippen MR) is 121 cm³/mol. The van der Waals surface area contributed by atoms with Crippen LogP contribution in [0.25, 0.3) is 11.3 Å². The molecule has 1 atom stereocenters. The van der Waals surface area contributed by atoms with E-state index in [1.807, 2.05) is 31.2 Å². The minimum Gasteiger partial charge on any atom is -0.497 e. The summed E-state index contributed by atoms with van der Waals surface area (Å²) in [7, 11) is 4.72. The second-order valence-electron chi connectivity index (χ2n) is 7.15. The molecule has 9 heteroatoms. The van der Waals surface area contributed by atoms with Crippen LogP contribution in [0.4, 0.5) is 0 Å². The molecular formula is C24H24N4O5. The van der Waals surface area contributed by atoms with Gasteiger partial charge in [0.15, 0.2) is 11.5 Å². The monoisotopic (exact) mass is 448 g/mol. The van der Waals surface area contributed by atoms with Gasteiger partial charge in [-0.15, -0.1) is 5.10 Å². The smallest absolute Gasteiger partial charge is 0.244 e. The number of benzene rings is 2. The topological polar surface area (TPSA) is 125 Å². The van der Waals surface area contributed by atoms with Gasteiger partial charge in [0.25, 0.3) is 0 Å². The Labute approximate surface area is 191 Å². The summed E-state index contributed by atoms with van der Waals surface area (Å²) in [6.07, 6.45) is 0. The van der Waals surface area contributed by atoms with Crippen LogP contribution in [0, 0.1) is 11.3 Å². The standard InChI is InChI=1S/C24H24N4O5/c1-5-32-17-9-6-13(10-19(17)31-4)22-21-20(15-8-7-14(29-2)11-18(15)30-3)16(12-25)23(26)33-24(21)28-27-22/h6-11,20H,5,26H2,1-4H3,(H,27,28). The third-order valence-electron chi connectivity index (χ3n) is 5.44. The highest BCUT2D eigenvalue weighted by Gasteiger charge is 2.37. The van der Waals surface area contributed by atoms with Crippen LogP contribution < -0.4 is 29.4 Å². The summed E-state index contributed by atoms with van der Waals surface area (Å²) in [4.78, 5) is 0. The van der Waals surface area contributed by atoms with Crippen molar-refractivity contribution in [3.8, 4) is 46.2 Å². The number of hydrogen-bond acceptors (Lipinski definition) is 8. The van der Waals surface area contributed by atoms with Crippen molar-refractivity contribution >= 4 is 0 Å². The molecule has 0 radical (unpaired) electrons. The molecule has 0 aliphatic carbocycles. The highest BCUT2D eigenvalue weighted by molar-refractivity contribution is 5.73. The third-order valence-corrected chi connectivity index (χ3v) is 5.44. The lowest BCUT2D eigenvalue weighted by Crippen LogP contribution is -2.21. The lowest BCUT2D eigenvalue weighted by atomic mass is 9.82. The largest absolute Gasteiger partial charge is 0.497 e. The number of fused-ring (bicyclic) bond motifs is 1. The Balaban J connectivity index is 1.92. The molecule has 3 aromatic rings. The fourth-order valence-corrected chi connectivity index (χ4v) is 3.93. The van der Waals surface area contributed by atoms with E-state index in [0.717, 1.165) is 11.1 Å². The van der Waals surface area contributed by atoms with Gasteiger partial charge in [0.05, 0.1) is 45.1 Å². The number of nitrogens with zero attached hydrogens (tertiary/aromatic N) is 2. The average Bonchev–Trinajstić information content (AvgIpc) is 3.26. The first-order valence-corrected chi connectivity index (χ1v) is 10.2. The molecule has 3 N–H and O–H groups in total. The summed E-state index contributed by atoms with van der Waals surface area (Å²) in [5.74, 6) is 2.08. The van der Waals surface area contributed by atoms with E-state index in [9.17, 15) is 5.26 Å². The first-order valence-electron chi connectivity index (χ1n) is 10.2. The summed E-state index contributed by atoms with van der Waals surface area (Å²) in [6.45, 7) is 2.42. The van der Waals surface area contributed by atoms with E-state index < -0.39 is 5.92 Å². The van der Waals surface area contributed by atoms with E-state index in [4.69, 9.17) is 29.4 Å². The lowest BCUT2D eigenvalue weighted by molar-refractivity contribution is 0.311.